The molecule has 0 spiro atoms. The van der Waals surface area contributed by atoms with Gasteiger partial charge in [-0.05, 0) is 25.0 Å². The third-order valence-corrected chi connectivity index (χ3v) is 4.62. The number of amides is 4. The fraction of sp³-hybridized carbons (Fsp3) is 0.389. The van der Waals surface area contributed by atoms with Crippen LogP contribution in [0.4, 0.5) is 0 Å². The molecule has 2 aliphatic rings. The number of rotatable bonds is 4. The van der Waals surface area contributed by atoms with E-state index >= 15 is 0 Å². The number of imide groups is 1. The van der Waals surface area contributed by atoms with Crippen LogP contribution in [0.15, 0.2) is 24.3 Å². The molecule has 3 rings (SSSR count). The third kappa shape index (κ3) is 3.42. The minimum Gasteiger partial charge on any atom is -0.352 e. The highest BCUT2D eigenvalue weighted by Gasteiger charge is 2.36. The van der Waals surface area contributed by atoms with Crippen LogP contribution in [0, 0.1) is 11.3 Å². The van der Waals surface area contributed by atoms with E-state index in [9.17, 15) is 19.2 Å². The lowest BCUT2D eigenvalue weighted by atomic mass is 10.0. The van der Waals surface area contributed by atoms with Crippen molar-refractivity contribution >= 4 is 23.6 Å². The molecule has 0 saturated carbocycles. The summed E-state index contributed by atoms with van der Waals surface area (Å²) >= 11 is 0. The maximum Gasteiger partial charge on any atom is 0.262 e. The summed E-state index contributed by atoms with van der Waals surface area (Å²) < 4.78 is 0. The lowest BCUT2D eigenvalue weighted by Gasteiger charge is -2.32. The molecule has 0 radical (unpaired) electrons. The molecule has 0 aromatic heterocycles. The molecule has 0 unspecified atom stereocenters. The number of nitrogens with one attached hydrogen (secondary N) is 1. The third-order valence-electron chi connectivity index (χ3n) is 4.62. The Balaban J connectivity index is 1.52. The van der Waals surface area contributed by atoms with E-state index in [2.05, 4.69) is 5.32 Å². The van der Waals surface area contributed by atoms with Gasteiger partial charge in [-0.3, -0.25) is 24.1 Å². The summed E-state index contributed by atoms with van der Waals surface area (Å²) in [4.78, 5) is 51.0. The number of hydrogen-bond acceptors (Lipinski definition) is 5. The number of nitrogens with zero attached hydrogens (tertiary/aromatic N) is 3. The Bertz CT molecular complexity index is 771. The van der Waals surface area contributed by atoms with Gasteiger partial charge in [-0.2, -0.15) is 5.26 Å². The first-order valence-corrected chi connectivity index (χ1v) is 8.40. The monoisotopic (exact) mass is 354 g/mol. The number of likely N-dealkylation sites (tertiary alicyclic amines) is 1. The number of benzene rings is 1. The fourth-order valence-corrected chi connectivity index (χ4v) is 3.25. The molecule has 1 aromatic rings. The van der Waals surface area contributed by atoms with E-state index in [0.717, 1.165) is 4.90 Å². The highest BCUT2D eigenvalue weighted by Crippen LogP contribution is 2.22. The molecule has 0 aliphatic carbocycles. The normalized spacial score (nSPS) is 17.0. The molecule has 2 heterocycles. The summed E-state index contributed by atoms with van der Waals surface area (Å²) in [5.74, 6) is -1.53. The predicted octanol–water partition coefficient (Wildman–Crippen LogP) is 0.303. The highest BCUT2D eigenvalue weighted by molar-refractivity contribution is 6.22. The van der Waals surface area contributed by atoms with Gasteiger partial charge in [0.05, 0.1) is 17.2 Å². The summed E-state index contributed by atoms with van der Waals surface area (Å²) in [6, 6.07) is 8.21. The zero-order valence-corrected chi connectivity index (χ0v) is 14.1. The van der Waals surface area contributed by atoms with Gasteiger partial charge in [-0.15, -0.1) is 0 Å². The summed E-state index contributed by atoms with van der Waals surface area (Å²) in [5, 5.41) is 11.4. The molecule has 8 nitrogen and oxygen atoms in total. The molecule has 1 fully saturated rings. The molecule has 1 aromatic carbocycles. The lowest BCUT2D eigenvalue weighted by Crippen LogP contribution is -2.49. The van der Waals surface area contributed by atoms with Crippen molar-refractivity contribution in [2.75, 3.05) is 19.6 Å². The maximum atomic E-state index is 12.3. The van der Waals surface area contributed by atoms with Crippen molar-refractivity contribution in [3.63, 3.8) is 0 Å². The Hall–Kier alpha value is -3.21. The zero-order valence-electron chi connectivity index (χ0n) is 14.1. The topological polar surface area (TPSA) is 111 Å². The first-order valence-electron chi connectivity index (χ1n) is 8.40. The summed E-state index contributed by atoms with van der Waals surface area (Å²) in [7, 11) is 0. The van der Waals surface area contributed by atoms with Gasteiger partial charge in [-0.1, -0.05) is 12.1 Å². The second-order valence-corrected chi connectivity index (χ2v) is 6.30. The molecule has 4 amide bonds. The number of fused-ring (bicyclic) bond motifs is 1. The van der Waals surface area contributed by atoms with Gasteiger partial charge in [-0.25, -0.2) is 0 Å². The SMILES string of the molecule is N#CCC(=O)N1CCC(NC(=O)CN2C(=O)c3ccccc3C2=O)CC1. The molecule has 0 atom stereocenters. The molecule has 26 heavy (non-hydrogen) atoms. The molecule has 8 heteroatoms. The van der Waals surface area contributed by atoms with Crippen molar-refractivity contribution < 1.29 is 19.2 Å². The average Bonchev–Trinajstić information content (AvgIpc) is 2.88. The molecule has 0 bridgehead atoms. The number of piperidine rings is 1. The van der Waals surface area contributed by atoms with E-state index in [1.807, 2.05) is 6.07 Å². The van der Waals surface area contributed by atoms with Crippen LogP contribution < -0.4 is 5.32 Å². The molecule has 134 valence electrons. The van der Waals surface area contributed by atoms with Crippen molar-refractivity contribution in [1.82, 2.24) is 15.1 Å². The summed E-state index contributed by atoms with van der Waals surface area (Å²) in [6.45, 7) is 0.622. The van der Waals surface area contributed by atoms with Gasteiger partial charge in [0, 0.05) is 19.1 Å². The maximum absolute atomic E-state index is 12.3. The quantitative estimate of drug-likeness (QED) is 0.782. The Morgan fingerprint density at radius 1 is 1.12 bits per heavy atom. The Kier molecular flexibility index (Phi) is 4.98. The van der Waals surface area contributed by atoms with Crippen LogP contribution in [-0.4, -0.2) is 59.1 Å². The van der Waals surface area contributed by atoms with E-state index in [1.165, 1.54) is 0 Å². The second kappa shape index (κ2) is 7.35. The largest absolute Gasteiger partial charge is 0.352 e. The van der Waals surface area contributed by atoms with Gasteiger partial charge in [0.1, 0.15) is 13.0 Å². The van der Waals surface area contributed by atoms with Crippen molar-refractivity contribution in [3.8, 4) is 6.07 Å². The van der Waals surface area contributed by atoms with Crippen molar-refractivity contribution in [3.05, 3.63) is 35.4 Å². The first kappa shape index (κ1) is 17.6. The Morgan fingerprint density at radius 2 is 1.69 bits per heavy atom. The number of carbonyl (C=O) groups excluding carboxylic acids is 4. The summed E-state index contributed by atoms with van der Waals surface area (Å²) in [6.07, 6.45) is 1.01. The summed E-state index contributed by atoms with van der Waals surface area (Å²) in [5.41, 5.74) is 0.629. The minimum absolute atomic E-state index is 0.121. The Morgan fingerprint density at radius 3 is 2.23 bits per heavy atom. The van der Waals surface area contributed by atoms with Crippen LogP contribution in [0.2, 0.25) is 0 Å². The Labute approximate surface area is 150 Å². The average molecular weight is 354 g/mol. The lowest BCUT2D eigenvalue weighted by molar-refractivity contribution is -0.131. The number of nitriles is 1. The van der Waals surface area contributed by atoms with E-state index in [1.54, 1.807) is 29.2 Å². The number of hydrogen-bond donors (Lipinski definition) is 1. The van der Waals surface area contributed by atoms with Crippen molar-refractivity contribution in [2.45, 2.75) is 25.3 Å². The minimum atomic E-state index is -0.460. The zero-order chi connectivity index (χ0) is 18.7. The van der Waals surface area contributed by atoms with Crippen LogP contribution in [0.25, 0.3) is 0 Å². The van der Waals surface area contributed by atoms with Gasteiger partial charge < -0.3 is 10.2 Å². The van der Waals surface area contributed by atoms with E-state index in [0.29, 0.717) is 37.1 Å². The van der Waals surface area contributed by atoms with E-state index in [4.69, 9.17) is 5.26 Å². The molecule has 1 N–H and O–H groups in total. The van der Waals surface area contributed by atoms with Crippen molar-refractivity contribution in [1.29, 1.82) is 5.26 Å². The van der Waals surface area contributed by atoms with Gasteiger partial charge in [0.2, 0.25) is 11.8 Å². The van der Waals surface area contributed by atoms with Crippen LogP contribution >= 0.6 is 0 Å². The second-order valence-electron chi connectivity index (χ2n) is 6.30. The number of carbonyl (C=O) groups is 4. The first-order chi connectivity index (χ1) is 12.5. The van der Waals surface area contributed by atoms with Crippen LogP contribution in [0.1, 0.15) is 40.0 Å². The smallest absolute Gasteiger partial charge is 0.262 e. The van der Waals surface area contributed by atoms with Gasteiger partial charge in [0.25, 0.3) is 11.8 Å². The van der Waals surface area contributed by atoms with Crippen LogP contribution in [0.5, 0.6) is 0 Å². The standard InChI is InChI=1S/C18H18N4O4/c19-8-5-16(24)21-9-6-12(7-10-21)20-15(23)11-22-17(25)13-3-1-2-4-14(13)18(22)26/h1-4,12H,5-7,9-11H2,(H,20,23). The molecule has 2 aliphatic heterocycles. The molecular formula is C18H18N4O4. The molecular weight excluding hydrogens is 336 g/mol. The van der Waals surface area contributed by atoms with E-state index in [-0.39, 0.29) is 24.9 Å². The molecule has 1 saturated heterocycles. The fourth-order valence-electron chi connectivity index (χ4n) is 3.25. The van der Waals surface area contributed by atoms with Crippen molar-refractivity contribution in [2.24, 2.45) is 0 Å². The van der Waals surface area contributed by atoms with Gasteiger partial charge in [0.15, 0.2) is 0 Å². The predicted molar refractivity (Wildman–Crippen MR) is 89.8 cm³/mol. The van der Waals surface area contributed by atoms with Crippen LogP contribution in [-0.2, 0) is 9.59 Å². The highest BCUT2D eigenvalue weighted by atomic mass is 16.2. The van der Waals surface area contributed by atoms with Crippen LogP contribution in [0.3, 0.4) is 0 Å². The van der Waals surface area contributed by atoms with Gasteiger partial charge >= 0.3 is 0 Å². The van der Waals surface area contributed by atoms with E-state index < -0.39 is 17.7 Å².